The van der Waals surface area contributed by atoms with Crippen molar-refractivity contribution < 1.29 is 14.0 Å². The lowest BCUT2D eigenvalue weighted by Gasteiger charge is -2.40. The molecule has 2 bridgehead atoms. The topological polar surface area (TPSA) is 117 Å². The minimum absolute atomic E-state index is 0.278. The number of nitriles is 1. The third-order valence-corrected chi connectivity index (χ3v) is 8.34. The highest BCUT2D eigenvalue weighted by molar-refractivity contribution is 6.28. The van der Waals surface area contributed by atoms with Crippen LogP contribution in [0, 0.1) is 30.1 Å². The molecule has 3 aliphatic rings. The van der Waals surface area contributed by atoms with Crippen LogP contribution in [0.25, 0.3) is 22.2 Å². The second kappa shape index (κ2) is 7.90. The molecule has 1 fully saturated rings. The van der Waals surface area contributed by atoms with Gasteiger partial charge in [-0.25, -0.2) is 0 Å². The number of hydrogen-bond donors (Lipinski definition) is 1. The second-order valence-electron chi connectivity index (χ2n) is 10.6. The van der Waals surface area contributed by atoms with Crippen molar-refractivity contribution in [2.24, 2.45) is 11.8 Å². The summed E-state index contributed by atoms with van der Waals surface area (Å²) in [5.74, 6) is 0.0212. The second-order valence-corrected chi connectivity index (χ2v) is 10.6. The number of carbonyl (C=O) groups excluding carboxylic acids is 2. The van der Waals surface area contributed by atoms with Crippen molar-refractivity contribution in [3.05, 3.63) is 57.8 Å². The number of rotatable bonds is 4. The first-order valence-corrected chi connectivity index (χ1v) is 12.9. The average molecular weight is 495 g/mol. The van der Waals surface area contributed by atoms with E-state index in [0.717, 1.165) is 47.2 Å². The van der Waals surface area contributed by atoms with Gasteiger partial charge >= 0.3 is 0 Å². The van der Waals surface area contributed by atoms with Gasteiger partial charge in [-0.2, -0.15) is 20.3 Å². The van der Waals surface area contributed by atoms with Gasteiger partial charge in [-0.05, 0) is 62.3 Å². The van der Waals surface area contributed by atoms with Crippen molar-refractivity contribution in [2.45, 2.75) is 52.1 Å². The summed E-state index contributed by atoms with van der Waals surface area (Å²) in [4.78, 5) is 30.1. The molecule has 0 spiro atoms. The summed E-state index contributed by atoms with van der Waals surface area (Å²) in [6.07, 6.45) is 3.07. The van der Waals surface area contributed by atoms with Crippen LogP contribution in [-0.2, 0) is 13.0 Å². The molecule has 5 heterocycles. The zero-order chi connectivity index (χ0) is 25.4. The first-order chi connectivity index (χ1) is 17.9. The molecule has 1 aromatic carbocycles. The first-order valence-electron chi connectivity index (χ1n) is 12.9. The van der Waals surface area contributed by atoms with Gasteiger partial charge in [0.15, 0.2) is 0 Å². The van der Waals surface area contributed by atoms with Crippen LogP contribution in [0.4, 0.5) is 0 Å². The Kier molecular flexibility index (Phi) is 4.71. The predicted octanol–water partition coefficient (Wildman–Crippen LogP) is 3.95. The summed E-state index contributed by atoms with van der Waals surface area (Å²) in [5, 5.41) is 22.6. The van der Waals surface area contributed by atoms with Crippen LogP contribution in [0.15, 0.2) is 40.0 Å². The van der Waals surface area contributed by atoms with E-state index in [0.29, 0.717) is 53.2 Å². The third kappa shape index (κ3) is 3.14. The number of allylic oxidation sites excluding steroid dienone is 1. The highest BCUT2D eigenvalue weighted by Gasteiger charge is 2.49. The number of amides is 2. The van der Waals surface area contributed by atoms with Crippen molar-refractivity contribution in [1.82, 2.24) is 25.2 Å². The van der Waals surface area contributed by atoms with E-state index < -0.39 is 6.04 Å². The summed E-state index contributed by atoms with van der Waals surface area (Å²) in [7, 11) is 0. The summed E-state index contributed by atoms with van der Waals surface area (Å²) < 4.78 is 5.90. The zero-order valence-electron chi connectivity index (χ0n) is 20.7. The highest BCUT2D eigenvalue weighted by Crippen LogP contribution is 2.44. The van der Waals surface area contributed by atoms with E-state index in [2.05, 4.69) is 28.5 Å². The number of furan rings is 2. The van der Waals surface area contributed by atoms with Crippen LogP contribution < -0.4 is 5.32 Å². The number of carbonyl (C=O) groups is 2. The Morgan fingerprint density at radius 3 is 2.76 bits per heavy atom. The molecule has 2 aliphatic heterocycles. The Hall–Kier alpha value is -4.19. The number of piperidine rings is 1. The minimum Gasteiger partial charge on any atom is -0.455 e. The molecule has 2 amide bonds. The zero-order valence-corrected chi connectivity index (χ0v) is 20.7. The Balaban J connectivity index is 1.18. The van der Waals surface area contributed by atoms with E-state index in [-0.39, 0.29) is 17.7 Å². The van der Waals surface area contributed by atoms with Crippen molar-refractivity contribution in [3.63, 3.8) is 0 Å². The van der Waals surface area contributed by atoms with Crippen molar-refractivity contribution in [1.29, 1.82) is 5.26 Å². The summed E-state index contributed by atoms with van der Waals surface area (Å²) >= 11 is 0. The lowest BCUT2D eigenvalue weighted by Crippen LogP contribution is -2.47. The summed E-state index contributed by atoms with van der Waals surface area (Å²) in [6.45, 7) is 5.55. The largest absolute Gasteiger partial charge is 0.455 e. The minimum atomic E-state index is -0.548. The predicted molar refractivity (Wildman–Crippen MR) is 135 cm³/mol. The molecule has 7 rings (SSSR count). The molecule has 37 heavy (non-hydrogen) atoms. The first kappa shape index (κ1) is 22.0. The molecule has 9 heteroatoms. The molecule has 1 N–H and O–H groups in total. The average Bonchev–Trinajstić information content (AvgIpc) is 3.63. The van der Waals surface area contributed by atoms with Crippen LogP contribution in [0.2, 0.25) is 0 Å². The molecular formula is C28H26N6O3. The van der Waals surface area contributed by atoms with Crippen molar-refractivity contribution in [3.8, 4) is 6.07 Å². The molecule has 9 nitrogen and oxygen atoms in total. The van der Waals surface area contributed by atoms with Crippen molar-refractivity contribution in [2.75, 3.05) is 6.54 Å². The fraction of sp³-hybridized carbons (Fsp3) is 0.393. The van der Waals surface area contributed by atoms with Crippen molar-refractivity contribution >= 4 is 34.0 Å². The molecule has 1 saturated heterocycles. The maximum absolute atomic E-state index is 13.7. The number of nitrogens with one attached hydrogen (secondary N) is 1. The molecule has 3 aromatic heterocycles. The van der Waals surface area contributed by atoms with Crippen LogP contribution in [-0.4, -0.2) is 44.3 Å². The molecule has 186 valence electrons. The van der Waals surface area contributed by atoms with E-state index in [4.69, 9.17) is 4.42 Å². The van der Waals surface area contributed by atoms with Crippen LogP contribution >= 0.6 is 0 Å². The van der Waals surface area contributed by atoms with E-state index in [1.807, 2.05) is 31.2 Å². The van der Waals surface area contributed by atoms with Gasteiger partial charge in [-0.15, -0.1) is 0 Å². The van der Waals surface area contributed by atoms with Gasteiger partial charge in [0.2, 0.25) is 0 Å². The van der Waals surface area contributed by atoms with Gasteiger partial charge in [0.1, 0.15) is 22.2 Å². The Morgan fingerprint density at radius 2 is 1.92 bits per heavy atom. The van der Waals surface area contributed by atoms with Gasteiger partial charge in [0, 0.05) is 23.7 Å². The van der Waals surface area contributed by atoms with E-state index in [1.54, 1.807) is 4.80 Å². The number of aryl methyl sites for hydroxylation is 3. The Morgan fingerprint density at radius 1 is 1.11 bits per heavy atom. The molecule has 3 unspecified atom stereocenters. The third-order valence-electron chi connectivity index (χ3n) is 8.34. The van der Waals surface area contributed by atoms with E-state index in [1.165, 1.54) is 4.90 Å². The number of aromatic nitrogens is 3. The normalized spacial score (nSPS) is 23.6. The quantitative estimate of drug-likeness (QED) is 0.427. The van der Waals surface area contributed by atoms with Gasteiger partial charge in [-0.3, -0.25) is 14.5 Å². The van der Waals surface area contributed by atoms with Crippen LogP contribution in [0.3, 0.4) is 0 Å². The molecule has 4 aromatic rings. The maximum Gasteiger partial charge on any atom is 0.266 e. The Labute approximate surface area is 213 Å². The highest BCUT2D eigenvalue weighted by atomic mass is 16.3. The lowest BCUT2D eigenvalue weighted by molar-refractivity contribution is 0.0587. The van der Waals surface area contributed by atoms with E-state index >= 15 is 0 Å². The molecule has 1 aliphatic carbocycles. The van der Waals surface area contributed by atoms with Gasteiger partial charge in [-0.1, -0.05) is 13.0 Å². The molecule has 3 atom stereocenters. The fourth-order valence-electron chi connectivity index (χ4n) is 6.44. The van der Waals surface area contributed by atoms with E-state index in [9.17, 15) is 14.9 Å². The summed E-state index contributed by atoms with van der Waals surface area (Å²) in [5.41, 5.74) is 6.66. The Bertz CT molecular complexity index is 1670. The summed E-state index contributed by atoms with van der Waals surface area (Å²) in [6, 6.07) is 9.60. The number of imide groups is 1. The SMILES string of the molecule is Cc1ccc2nn(CCc3cc4oc3c3c4C(=O)N(C4CCC5C(=C4C#N)NCCC5C)C3=O)nc2c1. The maximum atomic E-state index is 13.7. The van der Waals surface area contributed by atoms with Crippen LogP contribution in [0.1, 0.15) is 58.0 Å². The van der Waals surface area contributed by atoms with Gasteiger partial charge < -0.3 is 9.73 Å². The van der Waals surface area contributed by atoms with Crippen LogP contribution in [0.5, 0.6) is 0 Å². The number of nitrogens with zero attached hydrogens (tertiary/aromatic N) is 5. The molecule has 0 radical (unpaired) electrons. The number of hydrogen-bond acceptors (Lipinski definition) is 7. The number of fused-ring (bicyclic) bond motifs is 7. The monoisotopic (exact) mass is 494 g/mol. The number of benzene rings is 2. The standard InChI is InChI=1S/C28H26N6O3/c1-14-3-5-19-20(11-14)32-33(31-19)10-8-16-12-22-23-24(26(16)37-22)28(36)34(27(23)35)21-6-4-17-15(2)7-9-30-25(17)18(21)13-29/h3,5,11-12,15,17,21,30H,4,6-10H2,1-2H3. The smallest absolute Gasteiger partial charge is 0.266 e. The van der Waals surface area contributed by atoms with Gasteiger partial charge in [0.05, 0.1) is 35.4 Å². The van der Waals surface area contributed by atoms with Gasteiger partial charge in [0.25, 0.3) is 11.8 Å². The lowest BCUT2D eigenvalue weighted by atomic mass is 9.74. The molecule has 0 saturated carbocycles. The molecular weight excluding hydrogens is 468 g/mol. The fourth-order valence-corrected chi connectivity index (χ4v) is 6.44.